The number of hydrogen-bond donors (Lipinski definition) is 1. The molecule has 0 aliphatic heterocycles. The maximum absolute atomic E-state index is 5.25. The van der Waals surface area contributed by atoms with Gasteiger partial charge in [-0.1, -0.05) is 0 Å². The molecule has 90 valence electrons. The number of ether oxygens (including phenoxy) is 1. The molecule has 1 N–H and O–H groups in total. The molecule has 16 heavy (non-hydrogen) atoms. The summed E-state index contributed by atoms with van der Waals surface area (Å²) in [5.41, 5.74) is 1.04. The van der Waals surface area contributed by atoms with Crippen LogP contribution in [-0.2, 0) is 0 Å². The first-order valence-electron chi connectivity index (χ1n) is 4.96. The van der Waals surface area contributed by atoms with Crippen molar-refractivity contribution in [3.8, 4) is 5.75 Å². The first kappa shape index (κ1) is 13.8. The van der Waals surface area contributed by atoms with E-state index in [2.05, 4.69) is 56.2 Å². The fraction of sp³-hybridized carbons (Fsp3) is 0.455. The average molecular weight is 352 g/mol. The van der Waals surface area contributed by atoms with E-state index in [9.17, 15) is 0 Å². The zero-order valence-electron chi connectivity index (χ0n) is 9.68. The van der Waals surface area contributed by atoms with Gasteiger partial charge in [0.1, 0.15) is 5.75 Å². The molecule has 0 fully saturated rings. The number of anilines is 1. The third kappa shape index (κ3) is 3.96. The van der Waals surface area contributed by atoms with Gasteiger partial charge in [-0.25, -0.2) is 0 Å². The van der Waals surface area contributed by atoms with Crippen LogP contribution in [0.25, 0.3) is 0 Å². The minimum absolute atomic E-state index is 0.829. The van der Waals surface area contributed by atoms with Crippen molar-refractivity contribution in [2.75, 3.05) is 39.6 Å². The van der Waals surface area contributed by atoms with E-state index in [1.54, 1.807) is 7.11 Å². The van der Waals surface area contributed by atoms with Crippen LogP contribution in [0.5, 0.6) is 5.75 Å². The van der Waals surface area contributed by atoms with Gasteiger partial charge in [0.25, 0.3) is 0 Å². The highest BCUT2D eigenvalue weighted by atomic mass is 79.9. The van der Waals surface area contributed by atoms with Gasteiger partial charge in [0.2, 0.25) is 0 Å². The SMILES string of the molecule is COc1cc(NCCN(C)C)c(Br)cc1Br. The Hall–Kier alpha value is -0.260. The molecule has 0 aliphatic carbocycles. The molecule has 0 aliphatic rings. The van der Waals surface area contributed by atoms with E-state index in [0.29, 0.717) is 0 Å². The second-order valence-corrected chi connectivity index (χ2v) is 5.41. The number of hydrogen-bond acceptors (Lipinski definition) is 3. The van der Waals surface area contributed by atoms with Gasteiger partial charge in [0.05, 0.1) is 17.3 Å². The quantitative estimate of drug-likeness (QED) is 0.881. The molecule has 3 nitrogen and oxygen atoms in total. The van der Waals surface area contributed by atoms with Crippen molar-refractivity contribution in [3.05, 3.63) is 21.1 Å². The number of methoxy groups -OCH3 is 1. The third-order valence-corrected chi connectivity index (χ3v) is 3.39. The number of benzene rings is 1. The average Bonchev–Trinajstić information content (AvgIpc) is 2.20. The van der Waals surface area contributed by atoms with Gasteiger partial charge >= 0.3 is 0 Å². The summed E-state index contributed by atoms with van der Waals surface area (Å²) in [4.78, 5) is 2.14. The monoisotopic (exact) mass is 350 g/mol. The Morgan fingerprint density at radius 3 is 2.50 bits per heavy atom. The van der Waals surface area contributed by atoms with E-state index in [1.807, 2.05) is 12.1 Å². The molecule has 0 radical (unpaired) electrons. The first-order chi connectivity index (χ1) is 7.54. The Balaban J connectivity index is 2.72. The van der Waals surface area contributed by atoms with E-state index >= 15 is 0 Å². The number of halogens is 2. The Kier molecular flexibility index (Phi) is 5.58. The van der Waals surface area contributed by atoms with Crippen LogP contribution in [0.15, 0.2) is 21.1 Å². The standard InChI is InChI=1S/C11H16Br2N2O/c1-15(2)5-4-14-10-7-11(16-3)9(13)6-8(10)12/h6-7,14H,4-5H2,1-3H3. The van der Waals surface area contributed by atoms with E-state index in [-0.39, 0.29) is 0 Å². The number of rotatable bonds is 5. The zero-order chi connectivity index (χ0) is 12.1. The molecule has 0 saturated heterocycles. The normalized spacial score (nSPS) is 10.6. The summed E-state index contributed by atoms with van der Waals surface area (Å²) >= 11 is 6.96. The van der Waals surface area contributed by atoms with Crippen LogP contribution in [0, 0.1) is 0 Å². The van der Waals surface area contributed by atoms with Crippen LogP contribution < -0.4 is 10.1 Å². The minimum atomic E-state index is 0.829. The summed E-state index contributed by atoms with van der Waals surface area (Å²) in [6, 6.07) is 3.96. The number of likely N-dealkylation sites (N-methyl/N-ethyl adjacent to an activating group) is 1. The van der Waals surface area contributed by atoms with Gasteiger partial charge in [-0.15, -0.1) is 0 Å². The van der Waals surface area contributed by atoms with Crippen LogP contribution in [0.1, 0.15) is 0 Å². The molecule has 0 amide bonds. The molecule has 1 aromatic carbocycles. The molecule has 0 bridgehead atoms. The predicted octanol–water partition coefficient (Wildman–Crippen LogP) is 3.19. The second kappa shape index (κ2) is 6.47. The first-order valence-corrected chi connectivity index (χ1v) is 6.55. The topological polar surface area (TPSA) is 24.5 Å². The van der Waals surface area contributed by atoms with Crippen LogP contribution in [0.2, 0.25) is 0 Å². The molecule has 0 saturated carbocycles. The highest BCUT2D eigenvalue weighted by Gasteiger charge is 2.06. The predicted molar refractivity (Wildman–Crippen MR) is 75.4 cm³/mol. The van der Waals surface area contributed by atoms with Gasteiger partial charge < -0.3 is 15.0 Å². The van der Waals surface area contributed by atoms with Crippen LogP contribution in [0.4, 0.5) is 5.69 Å². The van der Waals surface area contributed by atoms with Crippen molar-refractivity contribution in [1.82, 2.24) is 4.90 Å². The smallest absolute Gasteiger partial charge is 0.135 e. The maximum Gasteiger partial charge on any atom is 0.135 e. The highest BCUT2D eigenvalue weighted by Crippen LogP contribution is 2.34. The summed E-state index contributed by atoms with van der Waals surface area (Å²) in [6.45, 7) is 1.89. The summed E-state index contributed by atoms with van der Waals surface area (Å²) < 4.78 is 7.22. The molecule has 0 heterocycles. The molecule has 0 aromatic heterocycles. The van der Waals surface area contributed by atoms with Crippen LogP contribution >= 0.6 is 31.9 Å². The Labute approximate surface area is 113 Å². The van der Waals surface area contributed by atoms with Gasteiger partial charge in [-0.05, 0) is 52.0 Å². The fourth-order valence-corrected chi connectivity index (χ4v) is 2.53. The lowest BCUT2D eigenvalue weighted by Gasteiger charge is -2.14. The molecular formula is C11H16Br2N2O. The molecule has 5 heteroatoms. The third-order valence-electron chi connectivity index (χ3n) is 2.12. The summed E-state index contributed by atoms with van der Waals surface area (Å²) in [5, 5.41) is 3.36. The summed E-state index contributed by atoms with van der Waals surface area (Å²) in [7, 11) is 5.77. The minimum Gasteiger partial charge on any atom is -0.495 e. The largest absolute Gasteiger partial charge is 0.495 e. The summed E-state index contributed by atoms with van der Waals surface area (Å²) in [6.07, 6.45) is 0. The van der Waals surface area contributed by atoms with Crippen LogP contribution in [-0.4, -0.2) is 39.2 Å². The Morgan fingerprint density at radius 2 is 1.94 bits per heavy atom. The highest BCUT2D eigenvalue weighted by molar-refractivity contribution is 9.11. The van der Waals surface area contributed by atoms with E-state index in [0.717, 1.165) is 33.5 Å². The van der Waals surface area contributed by atoms with Gasteiger partial charge in [0, 0.05) is 23.6 Å². The lowest BCUT2D eigenvalue weighted by Crippen LogP contribution is -2.20. The van der Waals surface area contributed by atoms with Gasteiger partial charge in [-0.2, -0.15) is 0 Å². The maximum atomic E-state index is 5.25. The van der Waals surface area contributed by atoms with Crippen molar-refractivity contribution in [1.29, 1.82) is 0 Å². The van der Waals surface area contributed by atoms with E-state index < -0.39 is 0 Å². The number of nitrogens with one attached hydrogen (secondary N) is 1. The molecule has 1 aromatic rings. The number of nitrogens with zero attached hydrogens (tertiary/aromatic N) is 1. The van der Waals surface area contributed by atoms with E-state index in [1.165, 1.54) is 0 Å². The fourth-order valence-electron chi connectivity index (χ4n) is 1.24. The molecular weight excluding hydrogens is 336 g/mol. The van der Waals surface area contributed by atoms with Crippen molar-refractivity contribution < 1.29 is 4.74 Å². The zero-order valence-corrected chi connectivity index (χ0v) is 12.9. The second-order valence-electron chi connectivity index (χ2n) is 3.70. The Bertz CT molecular complexity index is 356. The van der Waals surface area contributed by atoms with Crippen molar-refractivity contribution >= 4 is 37.5 Å². The molecule has 0 unspecified atom stereocenters. The van der Waals surface area contributed by atoms with Crippen molar-refractivity contribution in [2.24, 2.45) is 0 Å². The van der Waals surface area contributed by atoms with Gasteiger partial charge in [-0.3, -0.25) is 0 Å². The molecule has 0 spiro atoms. The Morgan fingerprint density at radius 1 is 1.25 bits per heavy atom. The van der Waals surface area contributed by atoms with Crippen molar-refractivity contribution in [2.45, 2.75) is 0 Å². The lowest BCUT2D eigenvalue weighted by molar-refractivity contribution is 0.412. The molecule has 1 rings (SSSR count). The van der Waals surface area contributed by atoms with Crippen LogP contribution in [0.3, 0.4) is 0 Å². The lowest BCUT2D eigenvalue weighted by atomic mass is 10.3. The summed E-state index contributed by atoms with van der Waals surface area (Å²) in [5.74, 6) is 0.829. The van der Waals surface area contributed by atoms with Gasteiger partial charge in [0.15, 0.2) is 0 Å². The molecule has 0 atom stereocenters. The van der Waals surface area contributed by atoms with E-state index in [4.69, 9.17) is 4.74 Å². The van der Waals surface area contributed by atoms with Crippen molar-refractivity contribution in [3.63, 3.8) is 0 Å².